The van der Waals surface area contributed by atoms with E-state index in [2.05, 4.69) is 15.0 Å². The molecule has 29 heavy (non-hydrogen) atoms. The average Bonchev–Trinajstić information content (AvgIpc) is 3.11. The van der Waals surface area contributed by atoms with Crippen molar-refractivity contribution >= 4 is 50.2 Å². The molecule has 10 heteroatoms. The Labute approximate surface area is 177 Å². The number of thiazole rings is 1. The van der Waals surface area contributed by atoms with Crippen LogP contribution in [0.1, 0.15) is 20.8 Å². The SMILES string of the molecule is COc1ccc(NC(=O)c2cnc(Cl)s2)cc1S(=O)(=O)Nc1c(C)cccc1C. The summed E-state index contributed by atoms with van der Waals surface area (Å²) in [6.45, 7) is 3.64. The van der Waals surface area contributed by atoms with Crippen molar-refractivity contribution in [2.24, 2.45) is 0 Å². The molecule has 1 aromatic heterocycles. The van der Waals surface area contributed by atoms with Crippen molar-refractivity contribution in [2.75, 3.05) is 17.1 Å². The van der Waals surface area contributed by atoms with Crippen molar-refractivity contribution in [1.29, 1.82) is 0 Å². The normalized spacial score (nSPS) is 11.2. The lowest BCUT2D eigenvalue weighted by Gasteiger charge is -2.16. The van der Waals surface area contributed by atoms with Gasteiger partial charge < -0.3 is 10.1 Å². The Morgan fingerprint density at radius 3 is 2.45 bits per heavy atom. The molecule has 0 bridgehead atoms. The third-order valence-electron chi connectivity index (χ3n) is 4.13. The lowest BCUT2D eigenvalue weighted by atomic mass is 10.1. The first kappa shape index (κ1) is 21.1. The smallest absolute Gasteiger partial charge is 0.267 e. The maximum absolute atomic E-state index is 13.1. The van der Waals surface area contributed by atoms with E-state index in [1.54, 1.807) is 6.07 Å². The molecule has 0 spiro atoms. The molecule has 0 saturated carbocycles. The Morgan fingerprint density at radius 2 is 1.86 bits per heavy atom. The molecule has 0 aliphatic carbocycles. The van der Waals surface area contributed by atoms with E-state index >= 15 is 0 Å². The van der Waals surface area contributed by atoms with Crippen LogP contribution in [-0.4, -0.2) is 26.4 Å². The maximum Gasteiger partial charge on any atom is 0.267 e. The molecule has 1 amide bonds. The van der Waals surface area contributed by atoms with Gasteiger partial charge in [0.25, 0.3) is 15.9 Å². The van der Waals surface area contributed by atoms with Crippen LogP contribution in [-0.2, 0) is 10.0 Å². The van der Waals surface area contributed by atoms with Crippen molar-refractivity contribution in [3.63, 3.8) is 0 Å². The largest absolute Gasteiger partial charge is 0.495 e. The Hall–Kier alpha value is -2.62. The highest BCUT2D eigenvalue weighted by Gasteiger charge is 2.22. The lowest BCUT2D eigenvalue weighted by Crippen LogP contribution is -2.17. The molecule has 0 unspecified atom stereocenters. The second kappa shape index (κ2) is 8.40. The summed E-state index contributed by atoms with van der Waals surface area (Å²) in [6.07, 6.45) is 1.35. The Morgan fingerprint density at radius 1 is 1.17 bits per heavy atom. The second-order valence-corrected chi connectivity index (χ2v) is 9.43. The molecule has 0 aliphatic rings. The number of anilines is 2. The molecular weight excluding hydrogens is 434 g/mol. The van der Waals surface area contributed by atoms with Gasteiger partial charge in [-0.2, -0.15) is 0 Å². The van der Waals surface area contributed by atoms with E-state index in [0.29, 0.717) is 16.3 Å². The third kappa shape index (κ3) is 4.69. The Bertz CT molecular complexity index is 1160. The number of hydrogen-bond acceptors (Lipinski definition) is 6. The minimum atomic E-state index is -3.98. The van der Waals surface area contributed by atoms with Gasteiger partial charge in [-0.3, -0.25) is 9.52 Å². The first-order chi connectivity index (χ1) is 13.7. The van der Waals surface area contributed by atoms with Gasteiger partial charge in [-0.25, -0.2) is 13.4 Å². The summed E-state index contributed by atoms with van der Waals surface area (Å²) in [5.74, 6) is -0.284. The minimum absolute atomic E-state index is 0.0946. The fraction of sp³-hybridized carbons (Fsp3) is 0.158. The van der Waals surface area contributed by atoms with E-state index in [4.69, 9.17) is 16.3 Å². The van der Waals surface area contributed by atoms with E-state index in [1.807, 2.05) is 32.0 Å². The van der Waals surface area contributed by atoms with Gasteiger partial charge in [-0.05, 0) is 43.2 Å². The number of aryl methyl sites for hydroxylation is 2. The molecule has 2 N–H and O–H groups in total. The zero-order chi connectivity index (χ0) is 21.2. The topological polar surface area (TPSA) is 97.4 Å². The van der Waals surface area contributed by atoms with Crippen LogP contribution in [0.4, 0.5) is 11.4 Å². The van der Waals surface area contributed by atoms with Crippen molar-refractivity contribution in [2.45, 2.75) is 18.7 Å². The molecule has 0 aliphatic heterocycles. The number of ether oxygens (including phenoxy) is 1. The summed E-state index contributed by atoms with van der Waals surface area (Å²) >= 11 is 6.78. The van der Waals surface area contributed by atoms with Crippen molar-refractivity contribution in [3.05, 3.63) is 63.1 Å². The minimum Gasteiger partial charge on any atom is -0.495 e. The number of halogens is 1. The number of rotatable bonds is 6. The van der Waals surface area contributed by atoms with Gasteiger partial charge >= 0.3 is 0 Å². The quantitative estimate of drug-likeness (QED) is 0.576. The molecule has 0 fully saturated rings. The number of para-hydroxylation sites is 1. The predicted octanol–water partition coefficient (Wildman–Crippen LogP) is 4.48. The van der Waals surface area contributed by atoms with Crippen LogP contribution in [0.3, 0.4) is 0 Å². The number of nitrogens with one attached hydrogen (secondary N) is 2. The van der Waals surface area contributed by atoms with Crippen LogP contribution in [0, 0.1) is 13.8 Å². The molecule has 7 nitrogen and oxygen atoms in total. The number of carbonyl (C=O) groups excluding carboxylic acids is 1. The molecule has 0 atom stereocenters. The van der Waals surface area contributed by atoms with E-state index in [9.17, 15) is 13.2 Å². The summed E-state index contributed by atoms with van der Waals surface area (Å²) in [4.78, 5) is 16.4. The highest BCUT2D eigenvalue weighted by Crippen LogP contribution is 2.31. The van der Waals surface area contributed by atoms with Crippen LogP contribution in [0.2, 0.25) is 4.47 Å². The molecule has 1 heterocycles. The van der Waals surface area contributed by atoms with Gasteiger partial charge in [-0.15, -0.1) is 0 Å². The average molecular weight is 452 g/mol. The molecular formula is C19H18ClN3O4S2. The van der Waals surface area contributed by atoms with Gasteiger partial charge in [0.05, 0.1) is 19.0 Å². The summed E-state index contributed by atoms with van der Waals surface area (Å²) in [6, 6.07) is 9.87. The zero-order valence-electron chi connectivity index (χ0n) is 15.8. The van der Waals surface area contributed by atoms with Crippen LogP contribution >= 0.6 is 22.9 Å². The number of benzene rings is 2. The van der Waals surface area contributed by atoms with Crippen LogP contribution in [0.25, 0.3) is 0 Å². The van der Waals surface area contributed by atoms with Gasteiger partial charge in [0.1, 0.15) is 15.5 Å². The predicted molar refractivity (Wildman–Crippen MR) is 115 cm³/mol. The van der Waals surface area contributed by atoms with Gasteiger partial charge in [0.2, 0.25) is 0 Å². The lowest BCUT2D eigenvalue weighted by molar-refractivity contribution is 0.103. The maximum atomic E-state index is 13.1. The van der Waals surface area contributed by atoms with E-state index in [-0.39, 0.29) is 15.1 Å². The number of nitrogens with zero attached hydrogens (tertiary/aromatic N) is 1. The fourth-order valence-corrected chi connectivity index (χ4v) is 4.91. The van der Waals surface area contributed by atoms with Crippen LogP contribution < -0.4 is 14.8 Å². The van der Waals surface area contributed by atoms with Gasteiger partial charge in [0, 0.05) is 5.69 Å². The van der Waals surface area contributed by atoms with E-state index < -0.39 is 15.9 Å². The van der Waals surface area contributed by atoms with E-state index in [1.165, 1.54) is 25.4 Å². The molecule has 3 rings (SSSR count). The van der Waals surface area contributed by atoms with Gasteiger partial charge in [-0.1, -0.05) is 41.1 Å². The first-order valence-corrected chi connectivity index (χ1v) is 11.1. The highest BCUT2D eigenvalue weighted by atomic mass is 35.5. The fourth-order valence-electron chi connectivity index (χ4n) is 2.68. The number of aromatic nitrogens is 1. The molecule has 0 radical (unpaired) electrons. The van der Waals surface area contributed by atoms with E-state index in [0.717, 1.165) is 22.5 Å². The number of carbonyl (C=O) groups is 1. The Kier molecular flexibility index (Phi) is 6.11. The number of amides is 1. The Balaban J connectivity index is 1.95. The van der Waals surface area contributed by atoms with Crippen molar-refractivity contribution in [1.82, 2.24) is 4.98 Å². The monoisotopic (exact) mass is 451 g/mol. The summed E-state index contributed by atoms with van der Waals surface area (Å²) in [7, 11) is -2.60. The molecule has 0 saturated heterocycles. The summed E-state index contributed by atoms with van der Waals surface area (Å²) in [5, 5.41) is 2.65. The van der Waals surface area contributed by atoms with Crippen molar-refractivity contribution < 1.29 is 17.9 Å². The number of methoxy groups -OCH3 is 1. The number of hydrogen-bond donors (Lipinski definition) is 2. The highest BCUT2D eigenvalue weighted by molar-refractivity contribution is 7.92. The van der Waals surface area contributed by atoms with Crippen LogP contribution in [0.5, 0.6) is 5.75 Å². The summed E-state index contributed by atoms with van der Waals surface area (Å²) in [5.41, 5.74) is 2.38. The third-order valence-corrected chi connectivity index (χ3v) is 6.61. The zero-order valence-corrected chi connectivity index (χ0v) is 18.2. The van der Waals surface area contributed by atoms with Gasteiger partial charge in [0.15, 0.2) is 4.47 Å². The van der Waals surface area contributed by atoms with Crippen molar-refractivity contribution in [3.8, 4) is 5.75 Å². The van der Waals surface area contributed by atoms with Crippen LogP contribution in [0.15, 0.2) is 47.5 Å². The standard InChI is InChI=1S/C19H18ClN3O4S2/c1-11-5-4-6-12(2)17(11)23-29(25,26)16-9-13(7-8-14(16)27-3)22-18(24)15-10-21-19(20)28-15/h4-10,23H,1-3H3,(H,22,24). The molecule has 2 aromatic carbocycles. The first-order valence-electron chi connectivity index (χ1n) is 8.41. The number of sulfonamides is 1. The second-order valence-electron chi connectivity index (χ2n) is 6.17. The molecule has 3 aromatic rings. The molecule has 152 valence electrons. The summed E-state index contributed by atoms with van der Waals surface area (Å²) < 4.78 is 34.2.